The number of benzene rings is 1. The van der Waals surface area contributed by atoms with E-state index in [1.54, 1.807) is 7.05 Å². The highest BCUT2D eigenvalue weighted by molar-refractivity contribution is 7.98. The molecule has 25 heavy (non-hydrogen) atoms. The van der Waals surface area contributed by atoms with Crippen LogP contribution >= 0.6 is 11.8 Å². The minimum Gasteiger partial charge on any atom is -0.279 e. The summed E-state index contributed by atoms with van der Waals surface area (Å²) in [5.74, 6) is 2.99. The Kier molecular flexibility index (Phi) is 3.79. The third-order valence-electron chi connectivity index (χ3n) is 4.05. The Balaban J connectivity index is 1.76. The van der Waals surface area contributed by atoms with Gasteiger partial charge in [0.2, 0.25) is 10.9 Å². The summed E-state index contributed by atoms with van der Waals surface area (Å²) in [6, 6.07) is 7.49. The van der Waals surface area contributed by atoms with Gasteiger partial charge in [-0.05, 0) is 12.1 Å². The molecule has 0 saturated carbocycles. The fourth-order valence-electron chi connectivity index (χ4n) is 2.70. The average Bonchev–Trinajstić information content (AvgIpc) is 3.25. The number of hydrogen-bond acceptors (Lipinski definition) is 6. The molecule has 4 aromatic rings. The summed E-state index contributed by atoms with van der Waals surface area (Å²) >= 11 is 1.49. The molecule has 8 nitrogen and oxygen atoms in total. The molecule has 0 atom stereocenters. The molecule has 3 aromatic heterocycles. The Morgan fingerprint density at radius 3 is 2.80 bits per heavy atom. The lowest BCUT2D eigenvalue weighted by Gasteiger charge is -2.07. The van der Waals surface area contributed by atoms with Gasteiger partial charge in [-0.3, -0.25) is 18.9 Å². The summed E-state index contributed by atoms with van der Waals surface area (Å²) in [5, 5.41) is 17.0. The van der Waals surface area contributed by atoms with Crippen LogP contribution in [-0.2, 0) is 12.8 Å². The molecule has 0 saturated heterocycles. The molecular weight excluding hydrogens is 338 g/mol. The van der Waals surface area contributed by atoms with Crippen molar-refractivity contribution in [2.24, 2.45) is 7.05 Å². The first-order valence-corrected chi connectivity index (χ1v) is 8.91. The van der Waals surface area contributed by atoms with Gasteiger partial charge in [0, 0.05) is 13.0 Å². The van der Waals surface area contributed by atoms with Crippen molar-refractivity contribution in [2.75, 3.05) is 0 Å². The van der Waals surface area contributed by atoms with Gasteiger partial charge in [0.1, 0.15) is 11.6 Å². The Bertz CT molecular complexity index is 1120. The second-order valence-electron chi connectivity index (χ2n) is 6.08. The topological polar surface area (TPSA) is 93.8 Å². The number of para-hydroxylation sites is 1. The van der Waals surface area contributed by atoms with Crippen molar-refractivity contribution in [3.63, 3.8) is 0 Å². The minimum absolute atomic E-state index is 0.0785. The Labute approximate surface area is 147 Å². The number of rotatable bonds is 4. The van der Waals surface area contributed by atoms with Crippen LogP contribution in [0.15, 0.2) is 34.2 Å². The van der Waals surface area contributed by atoms with E-state index in [0.29, 0.717) is 28.0 Å². The summed E-state index contributed by atoms with van der Waals surface area (Å²) < 4.78 is 3.44. The number of aryl methyl sites for hydroxylation is 1. The fourth-order valence-corrected chi connectivity index (χ4v) is 3.41. The molecule has 128 valence electrons. The molecule has 9 heteroatoms. The predicted octanol–water partition coefficient (Wildman–Crippen LogP) is 2.12. The third-order valence-corrected chi connectivity index (χ3v) is 4.90. The third kappa shape index (κ3) is 2.60. The molecule has 1 aromatic carbocycles. The fraction of sp³-hybridized carbons (Fsp3) is 0.312. The number of H-pyrrole nitrogens is 1. The number of aromatic nitrogens is 7. The highest BCUT2D eigenvalue weighted by atomic mass is 32.2. The normalized spacial score (nSPS) is 11.8. The van der Waals surface area contributed by atoms with Crippen molar-refractivity contribution in [3.8, 4) is 0 Å². The van der Waals surface area contributed by atoms with Crippen LogP contribution in [0.2, 0.25) is 0 Å². The van der Waals surface area contributed by atoms with E-state index in [4.69, 9.17) is 0 Å². The molecule has 0 unspecified atom stereocenters. The van der Waals surface area contributed by atoms with Crippen LogP contribution in [-0.4, -0.2) is 34.3 Å². The van der Waals surface area contributed by atoms with Crippen molar-refractivity contribution in [2.45, 2.75) is 30.7 Å². The van der Waals surface area contributed by atoms with Crippen molar-refractivity contribution in [3.05, 3.63) is 46.3 Å². The van der Waals surface area contributed by atoms with Crippen molar-refractivity contribution in [1.29, 1.82) is 0 Å². The molecule has 0 radical (unpaired) electrons. The summed E-state index contributed by atoms with van der Waals surface area (Å²) in [7, 11) is 1.71. The van der Waals surface area contributed by atoms with Gasteiger partial charge >= 0.3 is 0 Å². The summed E-state index contributed by atoms with van der Waals surface area (Å²) in [6.07, 6.45) is 0. The number of nitrogens with one attached hydrogen (secondary N) is 1. The van der Waals surface area contributed by atoms with Gasteiger partial charge in [-0.1, -0.05) is 37.7 Å². The summed E-state index contributed by atoms with van der Waals surface area (Å²) in [4.78, 5) is 16.9. The van der Waals surface area contributed by atoms with Crippen molar-refractivity contribution >= 4 is 28.4 Å². The highest BCUT2D eigenvalue weighted by Crippen LogP contribution is 2.22. The van der Waals surface area contributed by atoms with Gasteiger partial charge in [-0.25, -0.2) is 4.98 Å². The first-order valence-electron chi connectivity index (χ1n) is 7.93. The molecule has 3 heterocycles. The van der Waals surface area contributed by atoms with E-state index in [-0.39, 0.29) is 5.56 Å². The maximum Gasteiger partial charge on any atom is 0.262 e. The predicted molar refractivity (Wildman–Crippen MR) is 95.8 cm³/mol. The quantitative estimate of drug-likeness (QED) is 0.564. The molecule has 0 amide bonds. The first kappa shape index (κ1) is 15.8. The van der Waals surface area contributed by atoms with Gasteiger partial charge < -0.3 is 0 Å². The minimum atomic E-state index is -0.0785. The molecule has 1 N–H and O–H groups in total. The molecule has 0 fully saturated rings. The summed E-state index contributed by atoms with van der Waals surface area (Å²) in [5.41, 5.74) is 0.726. The van der Waals surface area contributed by atoms with Crippen LogP contribution in [0.1, 0.15) is 31.4 Å². The number of fused-ring (bicyclic) bond motifs is 3. The van der Waals surface area contributed by atoms with Gasteiger partial charge in [-0.2, -0.15) is 0 Å². The van der Waals surface area contributed by atoms with Crippen molar-refractivity contribution < 1.29 is 0 Å². The standard InChI is InChI=1S/C16H17N7OS/c1-9(2)13-17-15(20-19-13)25-8-12-18-21-16-22(3)14(24)10-6-4-5-7-11(10)23(12)16/h4-7,9H,8H2,1-3H3,(H,17,19,20). The number of thioether (sulfide) groups is 1. The van der Waals surface area contributed by atoms with Gasteiger partial charge in [0.15, 0.2) is 0 Å². The zero-order valence-electron chi connectivity index (χ0n) is 14.1. The average molecular weight is 355 g/mol. The Hall–Kier alpha value is -2.68. The highest BCUT2D eigenvalue weighted by Gasteiger charge is 2.15. The van der Waals surface area contributed by atoms with Crippen molar-refractivity contribution in [1.82, 2.24) is 34.3 Å². The van der Waals surface area contributed by atoms with E-state index in [0.717, 1.165) is 17.2 Å². The molecule has 0 spiro atoms. The maximum absolute atomic E-state index is 12.4. The molecule has 4 rings (SSSR count). The molecule has 0 aliphatic heterocycles. The Morgan fingerprint density at radius 2 is 2.04 bits per heavy atom. The SMILES string of the molecule is CC(C)c1nc(SCc2nnc3n(C)c(=O)c4ccccc4n23)n[nH]1. The van der Waals surface area contributed by atoms with E-state index in [1.807, 2.05) is 28.7 Å². The zero-order valence-corrected chi connectivity index (χ0v) is 14.9. The van der Waals surface area contributed by atoms with Gasteiger partial charge in [0.05, 0.1) is 16.7 Å². The molecule has 0 bridgehead atoms. The number of hydrogen-bond donors (Lipinski definition) is 1. The van der Waals surface area contributed by atoms with E-state index in [2.05, 4.69) is 39.2 Å². The van der Waals surface area contributed by atoms with Crippen LogP contribution in [0.4, 0.5) is 0 Å². The smallest absolute Gasteiger partial charge is 0.262 e. The van der Waals surface area contributed by atoms with Gasteiger partial charge in [-0.15, -0.1) is 15.3 Å². The van der Waals surface area contributed by atoms with E-state index in [9.17, 15) is 4.79 Å². The number of nitrogens with zero attached hydrogens (tertiary/aromatic N) is 6. The van der Waals surface area contributed by atoms with Gasteiger partial charge in [0.25, 0.3) is 5.56 Å². The van der Waals surface area contributed by atoms with E-state index in [1.165, 1.54) is 16.3 Å². The van der Waals surface area contributed by atoms with E-state index >= 15 is 0 Å². The van der Waals surface area contributed by atoms with Crippen LogP contribution in [0, 0.1) is 0 Å². The lowest BCUT2D eigenvalue weighted by atomic mass is 10.2. The maximum atomic E-state index is 12.4. The second-order valence-corrected chi connectivity index (χ2v) is 7.02. The lowest BCUT2D eigenvalue weighted by molar-refractivity contribution is 0.780. The lowest BCUT2D eigenvalue weighted by Crippen LogP contribution is -2.20. The Morgan fingerprint density at radius 1 is 1.24 bits per heavy atom. The second kappa shape index (κ2) is 5.99. The summed E-state index contributed by atoms with van der Waals surface area (Å²) in [6.45, 7) is 4.13. The monoisotopic (exact) mass is 355 g/mol. The van der Waals surface area contributed by atoms with Crippen LogP contribution in [0.3, 0.4) is 0 Å². The van der Waals surface area contributed by atoms with Crippen LogP contribution in [0.5, 0.6) is 0 Å². The molecular formula is C16H17N7OS. The van der Waals surface area contributed by atoms with Crippen LogP contribution < -0.4 is 5.56 Å². The number of aromatic amines is 1. The van der Waals surface area contributed by atoms with E-state index < -0.39 is 0 Å². The molecule has 0 aliphatic rings. The van der Waals surface area contributed by atoms with Crippen LogP contribution in [0.25, 0.3) is 16.7 Å². The molecule has 0 aliphatic carbocycles. The zero-order chi connectivity index (χ0) is 17.6. The largest absolute Gasteiger partial charge is 0.279 e. The first-order chi connectivity index (χ1) is 12.1.